The van der Waals surface area contributed by atoms with Gasteiger partial charge in [0.1, 0.15) is 6.10 Å². The smallest absolute Gasteiger partial charge is 0.330 e. The van der Waals surface area contributed by atoms with Gasteiger partial charge in [-0.3, -0.25) is 4.79 Å². The number of carboxylic acid groups (broad SMARTS) is 1. The van der Waals surface area contributed by atoms with Crippen LogP contribution in [-0.2, 0) is 14.3 Å². The van der Waals surface area contributed by atoms with Gasteiger partial charge in [-0.2, -0.15) is 0 Å². The van der Waals surface area contributed by atoms with Crippen molar-refractivity contribution in [2.24, 2.45) is 39.4 Å². The van der Waals surface area contributed by atoms with Gasteiger partial charge < -0.3 is 20.1 Å². The van der Waals surface area contributed by atoms with Crippen LogP contribution in [0.15, 0.2) is 34.9 Å². The fourth-order valence-electron chi connectivity index (χ4n) is 9.09. The van der Waals surface area contributed by atoms with Crippen LogP contribution >= 0.6 is 0 Å². The number of rotatable bonds is 6. The van der Waals surface area contributed by atoms with Crippen LogP contribution in [0.2, 0.25) is 0 Å². The zero-order valence-corrected chi connectivity index (χ0v) is 24.5. The summed E-state index contributed by atoms with van der Waals surface area (Å²) in [5.74, 6) is -0.998. The van der Waals surface area contributed by atoms with Crippen LogP contribution in [0, 0.1) is 39.4 Å². The summed E-state index contributed by atoms with van der Waals surface area (Å²) in [5.41, 5.74) is 1.94. The minimum Gasteiger partial charge on any atom is -0.478 e. The third-order valence-electron chi connectivity index (χ3n) is 11.9. The number of carboxylic acids is 1. The number of aliphatic hydroxyl groups excluding tert-OH is 2. The zero-order valence-electron chi connectivity index (χ0n) is 24.5. The first kappa shape index (κ1) is 29.1. The van der Waals surface area contributed by atoms with Crippen LogP contribution in [0.25, 0.3) is 0 Å². The summed E-state index contributed by atoms with van der Waals surface area (Å²) in [6.45, 7) is 16.3. The van der Waals surface area contributed by atoms with Crippen molar-refractivity contribution in [1.29, 1.82) is 0 Å². The summed E-state index contributed by atoms with van der Waals surface area (Å²) in [6.07, 6.45) is 9.49. The number of aliphatic carboxylic acids is 1. The highest BCUT2D eigenvalue weighted by Crippen LogP contribution is 2.71. The number of carbonyl (C=O) groups excluding carboxylic acids is 1. The topological polar surface area (TPSA) is 104 Å². The summed E-state index contributed by atoms with van der Waals surface area (Å²) >= 11 is 0. The van der Waals surface area contributed by atoms with Crippen molar-refractivity contribution in [2.45, 2.75) is 112 Å². The van der Waals surface area contributed by atoms with E-state index in [0.717, 1.165) is 25.7 Å². The Hall–Kier alpha value is -1.92. The molecule has 2 fully saturated rings. The van der Waals surface area contributed by atoms with E-state index < -0.39 is 23.6 Å². The normalized spacial score (nSPS) is 41.6. The second-order valence-electron chi connectivity index (χ2n) is 13.9. The number of hydrogen-bond donors (Lipinski definition) is 3. The molecule has 0 radical (unpaired) electrons. The Morgan fingerprint density at radius 1 is 1.08 bits per heavy atom. The number of allylic oxidation sites excluding steroid dienone is 3. The number of fused-ring (bicyclic) bond motifs is 5. The third kappa shape index (κ3) is 4.13. The van der Waals surface area contributed by atoms with E-state index in [0.29, 0.717) is 18.8 Å². The first-order valence-electron chi connectivity index (χ1n) is 14.4. The van der Waals surface area contributed by atoms with E-state index in [-0.39, 0.29) is 45.7 Å². The van der Waals surface area contributed by atoms with Gasteiger partial charge in [0.05, 0.1) is 12.2 Å². The Balaban J connectivity index is 1.72. The number of carbonyl (C=O) groups is 2. The van der Waals surface area contributed by atoms with Gasteiger partial charge in [0.25, 0.3) is 0 Å². The number of aliphatic hydroxyl groups is 2. The molecule has 0 spiro atoms. The summed E-state index contributed by atoms with van der Waals surface area (Å²) in [7, 11) is 0. The molecule has 0 heterocycles. The van der Waals surface area contributed by atoms with Crippen LogP contribution in [0.3, 0.4) is 0 Å². The lowest BCUT2D eigenvalue weighted by Gasteiger charge is -2.61. The molecule has 0 unspecified atom stereocenters. The Labute approximate surface area is 228 Å². The lowest BCUT2D eigenvalue weighted by molar-refractivity contribution is -0.151. The number of esters is 1. The molecule has 0 bridgehead atoms. The fraction of sp³-hybridized carbons (Fsp3) is 0.750. The van der Waals surface area contributed by atoms with Crippen LogP contribution in [0.4, 0.5) is 0 Å². The summed E-state index contributed by atoms with van der Waals surface area (Å²) in [6, 6.07) is 0. The molecule has 212 valence electrons. The van der Waals surface area contributed by atoms with Gasteiger partial charge in [0.15, 0.2) is 0 Å². The molecule has 6 heteroatoms. The molecule has 4 aliphatic rings. The van der Waals surface area contributed by atoms with Gasteiger partial charge in [-0.15, -0.1) is 0 Å². The van der Waals surface area contributed by atoms with Crippen LogP contribution in [-0.4, -0.2) is 45.6 Å². The highest BCUT2D eigenvalue weighted by molar-refractivity contribution is 5.85. The average Bonchev–Trinajstić information content (AvgIpc) is 3.04. The predicted octanol–water partition coefficient (Wildman–Crippen LogP) is 5.83. The van der Waals surface area contributed by atoms with Crippen molar-refractivity contribution in [2.75, 3.05) is 0 Å². The van der Waals surface area contributed by atoms with E-state index in [1.165, 1.54) is 18.1 Å². The molecule has 0 amide bonds. The predicted molar refractivity (Wildman–Crippen MR) is 147 cm³/mol. The van der Waals surface area contributed by atoms with Gasteiger partial charge >= 0.3 is 11.9 Å². The SMILES string of the molecule is CC(=O)O[C@@H](C/C=C(\C)C(=O)O)[C@@H](C)[C@H]1C[C@H](O)[C@@]2(C)C3=CC[C@H]4C(C)(C)[C@@H](O)CC[C@]4(C)C3=CC[C@]12C. The molecular formula is C32H48O6. The molecule has 0 aromatic carbocycles. The Morgan fingerprint density at radius 3 is 2.34 bits per heavy atom. The zero-order chi connectivity index (χ0) is 28.4. The molecule has 3 N–H and O–H groups in total. The molecule has 4 aliphatic carbocycles. The maximum Gasteiger partial charge on any atom is 0.330 e. The minimum absolute atomic E-state index is 0.0417. The van der Waals surface area contributed by atoms with E-state index in [1.54, 1.807) is 13.0 Å². The molecule has 9 atom stereocenters. The minimum atomic E-state index is -0.977. The number of hydrogen-bond acceptors (Lipinski definition) is 5. The average molecular weight is 529 g/mol. The molecule has 0 aliphatic heterocycles. The van der Waals surface area contributed by atoms with Crippen molar-refractivity contribution in [3.8, 4) is 0 Å². The maximum atomic E-state index is 12.0. The molecule has 38 heavy (non-hydrogen) atoms. The van der Waals surface area contributed by atoms with E-state index in [4.69, 9.17) is 4.74 Å². The van der Waals surface area contributed by atoms with E-state index in [9.17, 15) is 24.9 Å². The lowest BCUT2D eigenvalue weighted by Crippen LogP contribution is -2.55. The van der Waals surface area contributed by atoms with Gasteiger partial charge in [-0.25, -0.2) is 4.79 Å². The van der Waals surface area contributed by atoms with Crippen molar-refractivity contribution < 1.29 is 29.6 Å². The fourth-order valence-corrected chi connectivity index (χ4v) is 9.09. The highest BCUT2D eigenvalue weighted by atomic mass is 16.5. The molecule has 0 aromatic rings. The van der Waals surface area contributed by atoms with Gasteiger partial charge in [-0.1, -0.05) is 59.8 Å². The highest BCUT2D eigenvalue weighted by Gasteiger charge is 2.66. The van der Waals surface area contributed by atoms with Crippen molar-refractivity contribution >= 4 is 11.9 Å². The van der Waals surface area contributed by atoms with E-state index in [1.807, 2.05) is 0 Å². The lowest BCUT2D eigenvalue weighted by atomic mass is 9.44. The van der Waals surface area contributed by atoms with Gasteiger partial charge in [-0.05, 0) is 84.2 Å². The van der Waals surface area contributed by atoms with Crippen LogP contribution in [0.5, 0.6) is 0 Å². The quantitative estimate of drug-likeness (QED) is 0.296. The van der Waals surface area contributed by atoms with Gasteiger partial charge in [0.2, 0.25) is 0 Å². The monoisotopic (exact) mass is 528 g/mol. The Morgan fingerprint density at radius 2 is 1.74 bits per heavy atom. The van der Waals surface area contributed by atoms with Crippen molar-refractivity contribution in [3.63, 3.8) is 0 Å². The van der Waals surface area contributed by atoms with Gasteiger partial charge in [0, 0.05) is 24.3 Å². The molecule has 0 saturated heterocycles. The molecule has 2 saturated carbocycles. The van der Waals surface area contributed by atoms with E-state index >= 15 is 0 Å². The number of ether oxygens (including phenoxy) is 1. The first-order valence-corrected chi connectivity index (χ1v) is 14.4. The Kier molecular flexibility index (Phi) is 7.36. The van der Waals surface area contributed by atoms with Crippen LogP contribution in [0.1, 0.15) is 93.9 Å². The largest absolute Gasteiger partial charge is 0.478 e. The Bertz CT molecular complexity index is 1080. The standard InChI is InChI=1S/C32H48O6/c1-18(28(36)37)9-11-24(38-20(3)33)19(2)23-17-27(35)32(8)22-10-12-25-29(4,5)26(34)14-15-30(25,6)21(22)13-16-31(23,32)7/h9-10,13,19,23-27,34-35H,11-12,14-17H2,1-8H3,(H,36,37)/b18-9+/t19-,23+,24-,25-,26-,27-,30+,31+,32+/m0/s1. The van der Waals surface area contributed by atoms with E-state index in [2.05, 4.69) is 53.7 Å². The molecule has 0 aromatic heterocycles. The molecule has 6 nitrogen and oxygen atoms in total. The maximum absolute atomic E-state index is 12.0. The summed E-state index contributed by atoms with van der Waals surface area (Å²) in [5, 5.41) is 31.9. The summed E-state index contributed by atoms with van der Waals surface area (Å²) < 4.78 is 5.76. The van der Waals surface area contributed by atoms with Crippen LogP contribution < -0.4 is 0 Å². The first-order chi connectivity index (χ1) is 17.5. The second kappa shape index (κ2) is 9.62. The molecular weight excluding hydrogens is 480 g/mol. The van der Waals surface area contributed by atoms with Crippen molar-refractivity contribution in [1.82, 2.24) is 0 Å². The second-order valence-corrected chi connectivity index (χ2v) is 13.9. The van der Waals surface area contributed by atoms with Crippen molar-refractivity contribution in [3.05, 3.63) is 34.9 Å². The molecule has 4 rings (SSSR count). The third-order valence-corrected chi connectivity index (χ3v) is 11.9. The summed E-state index contributed by atoms with van der Waals surface area (Å²) in [4.78, 5) is 23.4.